The molecule has 0 bridgehead atoms. The first-order chi connectivity index (χ1) is 9.11. The van der Waals surface area contributed by atoms with Gasteiger partial charge in [0, 0.05) is 12.5 Å². The molecule has 0 aromatic carbocycles. The molecule has 1 rings (SSSR count). The molecule has 0 aromatic heterocycles. The summed E-state index contributed by atoms with van der Waals surface area (Å²) in [5.41, 5.74) is 4.21. The molecule has 0 saturated heterocycles. The lowest BCUT2D eigenvalue weighted by Gasteiger charge is -2.52. The van der Waals surface area contributed by atoms with Crippen LogP contribution in [0.3, 0.4) is 0 Å². The van der Waals surface area contributed by atoms with E-state index in [0.29, 0.717) is 0 Å². The van der Waals surface area contributed by atoms with Crippen LogP contribution in [0, 0.1) is 0 Å². The van der Waals surface area contributed by atoms with E-state index >= 15 is 0 Å². The van der Waals surface area contributed by atoms with E-state index < -0.39 is 47.9 Å². The SMILES string of the molecule is CCC(N)CC1(F)C(F)C(N)(F)C(F)(F)C(F)(F)C1(F)F. The maximum Gasteiger partial charge on any atom is 0.380 e. The van der Waals surface area contributed by atoms with Crippen molar-refractivity contribution in [1.29, 1.82) is 0 Å². The van der Waals surface area contributed by atoms with Crippen molar-refractivity contribution in [3.8, 4) is 0 Å². The summed E-state index contributed by atoms with van der Waals surface area (Å²) in [6.45, 7) is 1.22. The number of hydrogen-bond acceptors (Lipinski definition) is 2. The van der Waals surface area contributed by atoms with Crippen molar-refractivity contribution in [1.82, 2.24) is 0 Å². The second-order valence-corrected chi connectivity index (χ2v) is 5.09. The molecule has 0 spiro atoms. The predicted octanol–water partition coefficient (Wildman–Crippen LogP) is 2.70. The second-order valence-electron chi connectivity index (χ2n) is 5.09. The van der Waals surface area contributed by atoms with E-state index in [-0.39, 0.29) is 6.42 Å². The monoisotopic (exact) mass is 332 g/mol. The highest BCUT2D eigenvalue weighted by molar-refractivity contribution is 5.24. The van der Waals surface area contributed by atoms with Crippen molar-refractivity contribution in [2.75, 3.05) is 0 Å². The van der Waals surface area contributed by atoms with Gasteiger partial charge in [-0.1, -0.05) is 6.92 Å². The lowest BCUT2D eigenvalue weighted by molar-refractivity contribution is -0.420. The molecule has 4 unspecified atom stereocenters. The fourth-order valence-electron chi connectivity index (χ4n) is 2.11. The molecule has 1 aliphatic rings. The summed E-state index contributed by atoms with van der Waals surface area (Å²) in [6.07, 6.45) is -6.46. The van der Waals surface area contributed by atoms with Crippen LogP contribution in [-0.4, -0.2) is 41.4 Å². The molecule has 21 heavy (non-hydrogen) atoms. The van der Waals surface area contributed by atoms with Crippen LogP contribution in [0.1, 0.15) is 19.8 Å². The standard InChI is InChI=1S/C10H13F9N2/c1-2-4(20)3-6(12)5(11)7(13,21)9(16,17)10(18,19)8(6,14)15/h4-5H,2-3,20-21H2,1H3. The molecule has 1 fully saturated rings. The second kappa shape index (κ2) is 4.64. The van der Waals surface area contributed by atoms with Gasteiger partial charge in [-0.2, -0.15) is 26.3 Å². The van der Waals surface area contributed by atoms with E-state index in [4.69, 9.17) is 5.73 Å². The predicted molar refractivity (Wildman–Crippen MR) is 54.5 cm³/mol. The zero-order valence-corrected chi connectivity index (χ0v) is 10.6. The summed E-state index contributed by atoms with van der Waals surface area (Å²) in [6, 6.07) is -1.59. The highest BCUT2D eigenvalue weighted by atomic mass is 19.4. The fraction of sp³-hybridized carbons (Fsp3) is 1.00. The average molecular weight is 332 g/mol. The van der Waals surface area contributed by atoms with Gasteiger partial charge >= 0.3 is 17.8 Å². The minimum Gasteiger partial charge on any atom is -0.328 e. The number of halogens is 9. The van der Waals surface area contributed by atoms with Crippen LogP contribution in [0.25, 0.3) is 0 Å². The van der Waals surface area contributed by atoms with Crippen LogP contribution in [0.2, 0.25) is 0 Å². The Morgan fingerprint density at radius 3 is 1.71 bits per heavy atom. The van der Waals surface area contributed by atoms with E-state index in [1.54, 1.807) is 0 Å². The van der Waals surface area contributed by atoms with E-state index in [9.17, 15) is 39.5 Å². The largest absolute Gasteiger partial charge is 0.380 e. The Balaban J connectivity index is 3.52. The summed E-state index contributed by atoms with van der Waals surface area (Å²) in [4.78, 5) is 0. The molecule has 0 amide bonds. The van der Waals surface area contributed by atoms with Gasteiger partial charge in [-0.15, -0.1) is 0 Å². The molecule has 0 heterocycles. The van der Waals surface area contributed by atoms with E-state index in [1.807, 2.05) is 0 Å². The number of nitrogens with two attached hydrogens (primary N) is 2. The molecular weight excluding hydrogens is 319 g/mol. The minimum absolute atomic E-state index is 0.264. The maximum absolute atomic E-state index is 14.2. The number of alkyl halides is 9. The van der Waals surface area contributed by atoms with Crippen LogP contribution < -0.4 is 11.5 Å². The average Bonchev–Trinajstić information content (AvgIpc) is 2.35. The first-order valence-corrected chi connectivity index (χ1v) is 5.81. The van der Waals surface area contributed by atoms with Crippen molar-refractivity contribution in [2.24, 2.45) is 11.5 Å². The van der Waals surface area contributed by atoms with E-state index in [2.05, 4.69) is 5.73 Å². The highest BCUT2D eigenvalue weighted by Crippen LogP contribution is 2.64. The van der Waals surface area contributed by atoms with Gasteiger partial charge in [0.15, 0.2) is 6.17 Å². The molecular formula is C10H13F9N2. The smallest absolute Gasteiger partial charge is 0.328 e. The highest BCUT2D eigenvalue weighted by Gasteiger charge is 2.93. The Hall–Kier alpha value is -0.710. The molecule has 0 aliphatic heterocycles. The van der Waals surface area contributed by atoms with Crippen molar-refractivity contribution < 1.29 is 39.5 Å². The first kappa shape index (κ1) is 18.3. The summed E-state index contributed by atoms with van der Waals surface area (Å²) >= 11 is 0. The van der Waals surface area contributed by atoms with Gasteiger partial charge in [-0.25, -0.2) is 13.2 Å². The summed E-state index contributed by atoms with van der Waals surface area (Å²) in [5, 5.41) is 0. The molecule has 0 aromatic rings. The van der Waals surface area contributed by atoms with Crippen molar-refractivity contribution in [3.05, 3.63) is 0 Å². The van der Waals surface area contributed by atoms with Gasteiger partial charge in [-0.3, -0.25) is 5.73 Å². The van der Waals surface area contributed by atoms with Crippen LogP contribution in [0.15, 0.2) is 0 Å². The van der Waals surface area contributed by atoms with Crippen molar-refractivity contribution >= 4 is 0 Å². The molecule has 1 saturated carbocycles. The Kier molecular flexibility index (Phi) is 4.05. The fourth-order valence-corrected chi connectivity index (χ4v) is 2.11. The Bertz CT molecular complexity index is 411. The molecule has 0 radical (unpaired) electrons. The van der Waals surface area contributed by atoms with Gasteiger partial charge in [-0.05, 0) is 6.42 Å². The summed E-state index contributed by atoms with van der Waals surface area (Å²) < 4.78 is 121. The van der Waals surface area contributed by atoms with Crippen molar-refractivity contribution in [2.45, 2.75) is 61.2 Å². The third kappa shape index (κ3) is 1.96. The van der Waals surface area contributed by atoms with Crippen LogP contribution in [-0.2, 0) is 0 Å². The minimum atomic E-state index is -6.53. The molecule has 4 atom stereocenters. The van der Waals surface area contributed by atoms with Crippen LogP contribution >= 0.6 is 0 Å². The maximum atomic E-state index is 14.2. The zero-order chi connectivity index (χ0) is 17.1. The topological polar surface area (TPSA) is 52.0 Å². The molecule has 11 heteroatoms. The summed E-state index contributed by atoms with van der Waals surface area (Å²) in [7, 11) is 0. The summed E-state index contributed by atoms with van der Waals surface area (Å²) in [5.74, 6) is -24.4. The number of rotatable bonds is 3. The number of hydrogen-bond donors (Lipinski definition) is 2. The van der Waals surface area contributed by atoms with Gasteiger partial charge in [0.05, 0.1) is 0 Å². The Morgan fingerprint density at radius 1 is 0.905 bits per heavy atom. The van der Waals surface area contributed by atoms with E-state index in [1.165, 1.54) is 6.92 Å². The quantitative estimate of drug-likeness (QED) is 0.617. The van der Waals surface area contributed by atoms with Gasteiger partial charge in [0.25, 0.3) is 5.79 Å². The third-order valence-corrected chi connectivity index (χ3v) is 3.65. The van der Waals surface area contributed by atoms with Crippen LogP contribution in [0.5, 0.6) is 0 Å². The molecule has 2 nitrogen and oxygen atoms in total. The van der Waals surface area contributed by atoms with Gasteiger partial charge in [0.1, 0.15) is 0 Å². The molecule has 126 valence electrons. The van der Waals surface area contributed by atoms with Gasteiger partial charge < -0.3 is 5.73 Å². The zero-order valence-electron chi connectivity index (χ0n) is 10.6. The Morgan fingerprint density at radius 2 is 1.33 bits per heavy atom. The van der Waals surface area contributed by atoms with E-state index in [0.717, 1.165) is 0 Å². The lowest BCUT2D eigenvalue weighted by atomic mass is 9.69. The van der Waals surface area contributed by atoms with Gasteiger partial charge in [0.2, 0.25) is 5.67 Å². The van der Waals surface area contributed by atoms with Crippen LogP contribution in [0.4, 0.5) is 39.5 Å². The third-order valence-electron chi connectivity index (χ3n) is 3.65. The Labute approximate surface area is 113 Å². The molecule has 1 aliphatic carbocycles. The lowest BCUT2D eigenvalue weighted by Crippen LogP contribution is -2.83. The van der Waals surface area contributed by atoms with Crippen molar-refractivity contribution in [3.63, 3.8) is 0 Å². The molecule has 4 N–H and O–H groups in total. The normalized spacial score (nSPS) is 42.6. The first-order valence-electron chi connectivity index (χ1n) is 5.81.